The highest BCUT2D eigenvalue weighted by molar-refractivity contribution is 5.71. The van der Waals surface area contributed by atoms with Crippen molar-refractivity contribution in [2.45, 2.75) is 335 Å². The molecule has 0 saturated carbocycles. The van der Waals surface area contributed by atoms with Crippen LogP contribution in [0.15, 0.2) is 97.2 Å². The third-order valence-electron chi connectivity index (χ3n) is 14.5. The van der Waals surface area contributed by atoms with E-state index in [1.165, 1.54) is 180 Å². The Bertz CT molecular complexity index is 1540. The van der Waals surface area contributed by atoms with Gasteiger partial charge in [0.05, 0.1) is 0 Å². The number of rotatable bonds is 61. The zero-order chi connectivity index (χ0) is 57.1. The molecule has 0 spiro atoms. The maximum atomic E-state index is 12.9. The standard InChI is InChI=1S/C73H126O6/c1-4-7-10-13-16-19-22-25-28-31-33-34-35-36-37-38-40-42-45-48-51-54-57-60-63-66-72(75)78-69-70(68-77-71(74)65-62-59-56-53-50-47-44-41-30-27-24-21-18-15-12-9-6-3)79-73(76)67-64-61-58-55-52-49-46-43-39-32-29-26-23-20-17-14-11-8-5-2/h9,12,18,21-22,25-27,29-31,33,35-36,44,47,70H,4-8,10-11,13-17,19-20,23-24,28,32,34,37-43,45-46,48-69H2,1-3H3/b12-9-,21-18-,25-22-,29-26-,30-27-,33-31-,36-35-,47-44-. The average molecular weight is 1100 g/mol. The normalized spacial score (nSPS) is 12.7. The molecule has 0 aromatic carbocycles. The first-order valence-electron chi connectivity index (χ1n) is 33.7. The first-order valence-corrected chi connectivity index (χ1v) is 33.7. The van der Waals surface area contributed by atoms with Crippen LogP contribution in [0, 0.1) is 0 Å². The molecule has 0 aliphatic rings. The lowest BCUT2D eigenvalue weighted by Gasteiger charge is -2.18. The van der Waals surface area contributed by atoms with Gasteiger partial charge in [0.15, 0.2) is 6.10 Å². The van der Waals surface area contributed by atoms with Crippen LogP contribution in [0.5, 0.6) is 0 Å². The number of allylic oxidation sites excluding steroid dienone is 16. The summed E-state index contributed by atoms with van der Waals surface area (Å²) in [5.41, 5.74) is 0. The van der Waals surface area contributed by atoms with E-state index in [9.17, 15) is 14.4 Å². The molecule has 79 heavy (non-hydrogen) atoms. The average Bonchev–Trinajstić information content (AvgIpc) is 3.45. The Morgan fingerprint density at radius 1 is 0.266 bits per heavy atom. The molecule has 0 aromatic rings. The quantitative estimate of drug-likeness (QED) is 0.0261. The van der Waals surface area contributed by atoms with E-state index in [-0.39, 0.29) is 31.1 Å². The van der Waals surface area contributed by atoms with Crippen molar-refractivity contribution in [3.63, 3.8) is 0 Å². The number of unbranched alkanes of at least 4 members (excludes halogenated alkanes) is 34. The summed E-state index contributed by atoms with van der Waals surface area (Å²) in [7, 11) is 0. The fraction of sp³-hybridized carbons (Fsp3) is 0.740. The van der Waals surface area contributed by atoms with Crippen molar-refractivity contribution in [3.05, 3.63) is 97.2 Å². The van der Waals surface area contributed by atoms with E-state index in [1.807, 2.05) is 0 Å². The highest BCUT2D eigenvalue weighted by atomic mass is 16.6. The van der Waals surface area contributed by atoms with Gasteiger partial charge in [-0.05, 0) is 122 Å². The van der Waals surface area contributed by atoms with E-state index < -0.39 is 6.10 Å². The highest BCUT2D eigenvalue weighted by Crippen LogP contribution is 2.16. The summed E-state index contributed by atoms with van der Waals surface area (Å²) in [5.74, 6) is -0.905. The van der Waals surface area contributed by atoms with E-state index in [4.69, 9.17) is 14.2 Å². The largest absolute Gasteiger partial charge is 0.462 e. The third kappa shape index (κ3) is 65.0. The van der Waals surface area contributed by atoms with Crippen LogP contribution in [-0.2, 0) is 28.6 Å². The molecule has 0 N–H and O–H groups in total. The Balaban J connectivity index is 4.38. The summed E-state index contributed by atoms with van der Waals surface area (Å²) in [6.07, 6.45) is 89.9. The lowest BCUT2D eigenvalue weighted by atomic mass is 10.0. The first-order chi connectivity index (χ1) is 39.0. The SMILES string of the molecule is CC/C=C\C/C=C\C/C=C\C/C=C\CCCCCCC(=O)OCC(COC(=O)CCCCCCCCCCCC/C=C\C/C=C\C/C=C\CCCCCCC)OC(=O)CCCCCCCCCCC/C=C\CCCCCCCC. The molecule has 0 bridgehead atoms. The number of esters is 3. The maximum absolute atomic E-state index is 12.9. The predicted molar refractivity (Wildman–Crippen MR) is 344 cm³/mol. The van der Waals surface area contributed by atoms with Crippen molar-refractivity contribution in [3.8, 4) is 0 Å². The van der Waals surface area contributed by atoms with Gasteiger partial charge in [-0.2, -0.15) is 0 Å². The van der Waals surface area contributed by atoms with Crippen molar-refractivity contribution < 1.29 is 28.6 Å². The minimum absolute atomic E-state index is 0.0876. The Labute approximate surface area is 489 Å². The van der Waals surface area contributed by atoms with Crippen molar-refractivity contribution in [2.75, 3.05) is 13.2 Å². The van der Waals surface area contributed by atoms with Crippen molar-refractivity contribution in [1.82, 2.24) is 0 Å². The van der Waals surface area contributed by atoms with Gasteiger partial charge >= 0.3 is 17.9 Å². The summed E-state index contributed by atoms with van der Waals surface area (Å²) < 4.78 is 17.0. The van der Waals surface area contributed by atoms with Gasteiger partial charge in [0.25, 0.3) is 0 Å². The molecule has 0 aromatic heterocycles. The van der Waals surface area contributed by atoms with E-state index in [0.717, 1.165) is 109 Å². The van der Waals surface area contributed by atoms with Gasteiger partial charge in [-0.25, -0.2) is 0 Å². The van der Waals surface area contributed by atoms with Crippen molar-refractivity contribution in [2.24, 2.45) is 0 Å². The summed E-state index contributed by atoms with van der Waals surface area (Å²) >= 11 is 0. The zero-order valence-corrected chi connectivity index (χ0v) is 52.1. The van der Waals surface area contributed by atoms with Gasteiger partial charge in [0.1, 0.15) is 13.2 Å². The molecular formula is C73H126O6. The molecule has 454 valence electrons. The summed E-state index contributed by atoms with van der Waals surface area (Å²) in [5, 5.41) is 0. The Morgan fingerprint density at radius 2 is 0.494 bits per heavy atom. The molecule has 0 amide bonds. The zero-order valence-electron chi connectivity index (χ0n) is 52.1. The monoisotopic (exact) mass is 1100 g/mol. The molecule has 6 heteroatoms. The number of hydrogen-bond donors (Lipinski definition) is 0. The Kier molecular flexibility index (Phi) is 63.7. The van der Waals surface area contributed by atoms with Crippen LogP contribution >= 0.6 is 0 Å². The minimum atomic E-state index is -0.793. The Hall–Kier alpha value is -3.67. The number of hydrogen-bond acceptors (Lipinski definition) is 6. The van der Waals surface area contributed by atoms with Crippen molar-refractivity contribution >= 4 is 17.9 Å². The maximum Gasteiger partial charge on any atom is 0.306 e. The second-order valence-electron chi connectivity index (χ2n) is 22.3. The molecule has 0 aliphatic heterocycles. The molecule has 0 fully saturated rings. The molecule has 0 saturated heterocycles. The van der Waals surface area contributed by atoms with Crippen LogP contribution in [0.1, 0.15) is 329 Å². The lowest BCUT2D eigenvalue weighted by Crippen LogP contribution is -2.30. The van der Waals surface area contributed by atoms with Crippen LogP contribution in [0.3, 0.4) is 0 Å². The molecular weight excluding hydrogens is 973 g/mol. The molecule has 0 aliphatic carbocycles. The van der Waals surface area contributed by atoms with Crippen LogP contribution in [-0.4, -0.2) is 37.2 Å². The lowest BCUT2D eigenvalue weighted by molar-refractivity contribution is -0.167. The second kappa shape index (κ2) is 66.8. The van der Waals surface area contributed by atoms with Crippen LogP contribution < -0.4 is 0 Å². The van der Waals surface area contributed by atoms with E-state index >= 15 is 0 Å². The summed E-state index contributed by atoms with van der Waals surface area (Å²) in [6.45, 7) is 6.52. The van der Waals surface area contributed by atoms with E-state index in [2.05, 4.69) is 118 Å². The summed E-state index contributed by atoms with van der Waals surface area (Å²) in [6, 6.07) is 0. The Morgan fingerprint density at radius 3 is 0.785 bits per heavy atom. The number of carbonyl (C=O) groups excluding carboxylic acids is 3. The first kappa shape index (κ1) is 75.3. The van der Waals surface area contributed by atoms with Gasteiger partial charge in [-0.3, -0.25) is 14.4 Å². The molecule has 0 radical (unpaired) electrons. The fourth-order valence-corrected chi connectivity index (χ4v) is 9.50. The fourth-order valence-electron chi connectivity index (χ4n) is 9.50. The summed E-state index contributed by atoms with van der Waals surface area (Å²) in [4.78, 5) is 38.4. The van der Waals surface area contributed by atoms with Gasteiger partial charge in [0.2, 0.25) is 0 Å². The van der Waals surface area contributed by atoms with Crippen LogP contribution in [0.25, 0.3) is 0 Å². The number of ether oxygens (including phenoxy) is 3. The smallest absolute Gasteiger partial charge is 0.306 e. The number of carbonyl (C=O) groups is 3. The second-order valence-corrected chi connectivity index (χ2v) is 22.3. The van der Waals surface area contributed by atoms with Crippen LogP contribution in [0.2, 0.25) is 0 Å². The minimum Gasteiger partial charge on any atom is -0.462 e. The molecule has 6 nitrogen and oxygen atoms in total. The highest BCUT2D eigenvalue weighted by Gasteiger charge is 2.19. The predicted octanol–water partition coefficient (Wildman–Crippen LogP) is 23.2. The van der Waals surface area contributed by atoms with Gasteiger partial charge < -0.3 is 14.2 Å². The van der Waals surface area contributed by atoms with Crippen LogP contribution in [0.4, 0.5) is 0 Å². The van der Waals surface area contributed by atoms with Gasteiger partial charge in [0, 0.05) is 19.3 Å². The van der Waals surface area contributed by atoms with E-state index in [1.54, 1.807) is 0 Å². The molecule has 0 heterocycles. The van der Waals surface area contributed by atoms with E-state index in [0.29, 0.717) is 19.3 Å². The van der Waals surface area contributed by atoms with Crippen molar-refractivity contribution in [1.29, 1.82) is 0 Å². The third-order valence-corrected chi connectivity index (χ3v) is 14.5. The molecule has 1 atom stereocenters. The van der Waals surface area contributed by atoms with Gasteiger partial charge in [-0.15, -0.1) is 0 Å². The molecule has 1 unspecified atom stereocenters. The van der Waals surface area contributed by atoms with Gasteiger partial charge in [-0.1, -0.05) is 285 Å². The molecule has 0 rings (SSSR count). The topological polar surface area (TPSA) is 78.9 Å².